The number of hydrogen-bond acceptors (Lipinski definition) is 2. The van der Waals surface area contributed by atoms with Crippen LogP contribution >= 0.6 is 0 Å². The lowest BCUT2D eigenvalue weighted by Gasteiger charge is -2.15. The number of carbonyl (C=O) groups is 1. The fourth-order valence-electron chi connectivity index (χ4n) is 0.768. The van der Waals surface area contributed by atoms with Crippen LogP contribution in [-0.4, -0.2) is 23.7 Å². The van der Waals surface area contributed by atoms with E-state index in [1.54, 1.807) is 6.08 Å². The Hall–Kier alpha value is -0.830. The summed E-state index contributed by atoms with van der Waals surface area (Å²) in [6.07, 6.45) is 3.98. The summed E-state index contributed by atoms with van der Waals surface area (Å²) in [5.74, 6) is -0.111. The van der Waals surface area contributed by atoms with Gasteiger partial charge < -0.3 is 10.4 Å². The van der Waals surface area contributed by atoms with Gasteiger partial charge in [0.05, 0.1) is 12.6 Å². The molecule has 1 amide bonds. The molecule has 50 valence electrons. The predicted octanol–water partition coefficient (Wildman–Crippen LogP) is -0.577. The standard InChI is InChI=1S/C6H9NO2/c8-4-5-2-1-3-6(9)7-5/h1,3,5,8H,2,4H2,(H,7,9). The minimum Gasteiger partial charge on any atom is -0.394 e. The Morgan fingerprint density at radius 3 is 3.11 bits per heavy atom. The molecule has 0 saturated heterocycles. The van der Waals surface area contributed by atoms with Crippen LogP contribution in [-0.2, 0) is 4.79 Å². The molecule has 9 heavy (non-hydrogen) atoms. The fourth-order valence-corrected chi connectivity index (χ4v) is 0.768. The number of nitrogens with one attached hydrogen (secondary N) is 1. The first-order chi connectivity index (χ1) is 4.33. The Labute approximate surface area is 53.4 Å². The Morgan fingerprint density at radius 2 is 2.67 bits per heavy atom. The van der Waals surface area contributed by atoms with Gasteiger partial charge >= 0.3 is 0 Å². The van der Waals surface area contributed by atoms with Gasteiger partial charge in [-0.3, -0.25) is 4.79 Å². The molecule has 0 aromatic rings. The molecule has 2 N–H and O–H groups in total. The van der Waals surface area contributed by atoms with Crippen molar-refractivity contribution in [2.75, 3.05) is 6.61 Å². The van der Waals surface area contributed by atoms with Crippen LogP contribution in [0.4, 0.5) is 0 Å². The summed E-state index contributed by atoms with van der Waals surface area (Å²) in [7, 11) is 0. The second kappa shape index (κ2) is 2.64. The second-order valence-electron chi connectivity index (χ2n) is 2.03. The summed E-state index contributed by atoms with van der Waals surface area (Å²) in [6, 6.07) is -0.0671. The fraction of sp³-hybridized carbons (Fsp3) is 0.500. The molecule has 3 heteroatoms. The van der Waals surface area contributed by atoms with Crippen molar-refractivity contribution in [1.29, 1.82) is 0 Å². The van der Waals surface area contributed by atoms with Crippen molar-refractivity contribution >= 4 is 5.91 Å². The van der Waals surface area contributed by atoms with Crippen molar-refractivity contribution in [3.8, 4) is 0 Å². The first kappa shape index (κ1) is 6.29. The van der Waals surface area contributed by atoms with Gasteiger partial charge in [0.15, 0.2) is 0 Å². The first-order valence-corrected chi connectivity index (χ1v) is 2.91. The van der Waals surface area contributed by atoms with E-state index in [1.807, 2.05) is 0 Å². The molecule has 1 heterocycles. The summed E-state index contributed by atoms with van der Waals surface area (Å²) in [5.41, 5.74) is 0. The van der Waals surface area contributed by atoms with E-state index in [0.717, 1.165) is 6.42 Å². The van der Waals surface area contributed by atoms with E-state index in [4.69, 9.17) is 5.11 Å². The number of amides is 1. The van der Waals surface area contributed by atoms with Crippen molar-refractivity contribution in [3.63, 3.8) is 0 Å². The van der Waals surface area contributed by atoms with E-state index in [9.17, 15) is 4.79 Å². The monoisotopic (exact) mass is 127 g/mol. The molecular weight excluding hydrogens is 118 g/mol. The molecule has 0 saturated carbocycles. The van der Waals surface area contributed by atoms with Gasteiger partial charge in [0, 0.05) is 0 Å². The Balaban J connectivity index is 2.47. The average molecular weight is 127 g/mol. The Kier molecular flexibility index (Phi) is 1.85. The van der Waals surface area contributed by atoms with Crippen LogP contribution in [0.3, 0.4) is 0 Å². The van der Waals surface area contributed by atoms with Gasteiger partial charge in [0.1, 0.15) is 0 Å². The molecule has 0 aliphatic carbocycles. The smallest absolute Gasteiger partial charge is 0.243 e. The first-order valence-electron chi connectivity index (χ1n) is 2.91. The third-order valence-corrected chi connectivity index (χ3v) is 1.26. The summed E-state index contributed by atoms with van der Waals surface area (Å²) in [4.78, 5) is 10.5. The molecule has 0 radical (unpaired) electrons. The zero-order valence-electron chi connectivity index (χ0n) is 5.00. The summed E-state index contributed by atoms with van der Waals surface area (Å²) < 4.78 is 0. The van der Waals surface area contributed by atoms with Crippen molar-refractivity contribution in [3.05, 3.63) is 12.2 Å². The molecule has 1 rings (SSSR count). The second-order valence-corrected chi connectivity index (χ2v) is 2.03. The minimum atomic E-state index is -0.111. The molecule has 3 nitrogen and oxygen atoms in total. The van der Waals surface area contributed by atoms with E-state index in [1.165, 1.54) is 6.08 Å². The molecule has 1 atom stereocenters. The molecule has 0 aromatic carbocycles. The molecule has 0 bridgehead atoms. The molecule has 1 unspecified atom stereocenters. The van der Waals surface area contributed by atoms with Gasteiger partial charge in [-0.05, 0) is 12.5 Å². The molecular formula is C6H9NO2. The van der Waals surface area contributed by atoms with Crippen LogP contribution in [0.25, 0.3) is 0 Å². The molecule has 1 aliphatic heterocycles. The Bertz CT molecular complexity index is 142. The lowest BCUT2D eigenvalue weighted by molar-refractivity contribution is -0.117. The molecule has 1 aliphatic rings. The summed E-state index contributed by atoms with van der Waals surface area (Å²) in [6.45, 7) is 0.0239. The highest BCUT2D eigenvalue weighted by Gasteiger charge is 2.10. The Morgan fingerprint density at radius 1 is 1.89 bits per heavy atom. The van der Waals surface area contributed by atoms with Crippen molar-refractivity contribution < 1.29 is 9.90 Å². The van der Waals surface area contributed by atoms with E-state index < -0.39 is 0 Å². The summed E-state index contributed by atoms with van der Waals surface area (Å²) in [5, 5.41) is 11.2. The third kappa shape index (κ3) is 1.54. The normalized spacial score (nSPS) is 25.9. The number of aliphatic hydroxyl groups excluding tert-OH is 1. The van der Waals surface area contributed by atoms with Crippen LogP contribution < -0.4 is 5.32 Å². The zero-order chi connectivity index (χ0) is 6.69. The van der Waals surface area contributed by atoms with E-state index in [0.29, 0.717) is 0 Å². The van der Waals surface area contributed by atoms with Crippen molar-refractivity contribution in [2.24, 2.45) is 0 Å². The lowest BCUT2D eigenvalue weighted by atomic mass is 10.1. The molecule has 0 fully saturated rings. The highest BCUT2D eigenvalue weighted by Crippen LogP contribution is 1.97. The molecule has 0 spiro atoms. The predicted molar refractivity (Wildman–Crippen MR) is 32.8 cm³/mol. The number of carbonyl (C=O) groups excluding carboxylic acids is 1. The van der Waals surface area contributed by atoms with E-state index in [-0.39, 0.29) is 18.6 Å². The maximum absolute atomic E-state index is 10.5. The van der Waals surface area contributed by atoms with Crippen molar-refractivity contribution in [1.82, 2.24) is 5.32 Å². The van der Waals surface area contributed by atoms with Crippen LogP contribution in [0.5, 0.6) is 0 Å². The quantitative estimate of drug-likeness (QED) is 0.495. The largest absolute Gasteiger partial charge is 0.394 e. The maximum atomic E-state index is 10.5. The zero-order valence-corrected chi connectivity index (χ0v) is 5.00. The lowest BCUT2D eigenvalue weighted by Crippen LogP contribution is -2.38. The SMILES string of the molecule is O=C1C=CCC(CO)N1. The van der Waals surface area contributed by atoms with Gasteiger partial charge in [-0.2, -0.15) is 0 Å². The maximum Gasteiger partial charge on any atom is 0.243 e. The van der Waals surface area contributed by atoms with E-state index in [2.05, 4.69) is 5.32 Å². The molecule has 0 aromatic heterocycles. The number of rotatable bonds is 1. The highest BCUT2D eigenvalue weighted by atomic mass is 16.3. The van der Waals surface area contributed by atoms with Gasteiger partial charge in [-0.1, -0.05) is 6.08 Å². The van der Waals surface area contributed by atoms with Crippen molar-refractivity contribution in [2.45, 2.75) is 12.5 Å². The minimum absolute atomic E-state index is 0.0239. The van der Waals surface area contributed by atoms with Crippen LogP contribution in [0.1, 0.15) is 6.42 Å². The van der Waals surface area contributed by atoms with Gasteiger partial charge in [0.25, 0.3) is 0 Å². The van der Waals surface area contributed by atoms with Crippen LogP contribution in [0, 0.1) is 0 Å². The van der Waals surface area contributed by atoms with Gasteiger partial charge in [0.2, 0.25) is 5.91 Å². The van der Waals surface area contributed by atoms with Crippen LogP contribution in [0.15, 0.2) is 12.2 Å². The van der Waals surface area contributed by atoms with Crippen LogP contribution in [0.2, 0.25) is 0 Å². The number of aliphatic hydroxyl groups is 1. The topological polar surface area (TPSA) is 49.3 Å². The van der Waals surface area contributed by atoms with E-state index >= 15 is 0 Å². The van der Waals surface area contributed by atoms with Gasteiger partial charge in [-0.25, -0.2) is 0 Å². The number of hydrogen-bond donors (Lipinski definition) is 2. The summed E-state index contributed by atoms with van der Waals surface area (Å²) >= 11 is 0. The van der Waals surface area contributed by atoms with Gasteiger partial charge in [-0.15, -0.1) is 0 Å². The average Bonchev–Trinajstić information content (AvgIpc) is 1.88. The third-order valence-electron chi connectivity index (χ3n) is 1.26. The highest BCUT2D eigenvalue weighted by molar-refractivity contribution is 5.88.